The number of aromatic nitrogens is 2. The quantitative estimate of drug-likeness (QED) is 0.150. The van der Waals surface area contributed by atoms with E-state index in [4.69, 9.17) is 0 Å². The Morgan fingerprint density at radius 1 is 0.898 bits per heavy atom. The minimum absolute atomic E-state index is 0.0623. The Hall–Kier alpha value is -4.28. The summed E-state index contributed by atoms with van der Waals surface area (Å²) in [6.45, 7) is -0.269. The number of nitrogens with one attached hydrogen (secondary N) is 1. The van der Waals surface area contributed by atoms with Crippen LogP contribution in [0.2, 0.25) is 0 Å². The van der Waals surface area contributed by atoms with E-state index in [9.17, 15) is 39.2 Å². The summed E-state index contributed by atoms with van der Waals surface area (Å²) in [6.07, 6.45) is 8.30. The summed E-state index contributed by atoms with van der Waals surface area (Å²) in [7, 11) is -6.80. The molecular formula is C33H35F4N5O5S2. The van der Waals surface area contributed by atoms with Gasteiger partial charge in [0, 0.05) is 37.2 Å². The highest BCUT2D eigenvalue weighted by atomic mass is 32.2. The maximum atomic E-state index is 14.7. The van der Waals surface area contributed by atoms with Crippen molar-refractivity contribution in [2.75, 3.05) is 23.2 Å². The van der Waals surface area contributed by atoms with E-state index >= 15 is 0 Å². The number of carbonyl (C=O) groups is 1. The largest absolute Gasteiger partial charge is 0.339 e. The minimum Gasteiger partial charge on any atom is -0.339 e. The number of imidazole rings is 1. The summed E-state index contributed by atoms with van der Waals surface area (Å²) < 4.78 is 114. The number of nitrogens with zero attached hydrogens (tertiary/aromatic N) is 4. The predicted octanol–water partition coefficient (Wildman–Crippen LogP) is 5.99. The lowest BCUT2D eigenvalue weighted by molar-refractivity contribution is -0.118. The SMILES string of the molecule is Cc1c(F)c(F)c(S(=O)(=O)N(C)CC(=O)N(Cc2ccc(C3CCCCC3)cc2)c2ccc(NS(=O)(=O)c3cn(C)cn3)cc2)c(F)c1F. The van der Waals surface area contributed by atoms with Crippen molar-refractivity contribution in [1.82, 2.24) is 13.9 Å². The molecule has 0 atom stereocenters. The van der Waals surface area contributed by atoms with Gasteiger partial charge in [-0.15, -0.1) is 0 Å². The Labute approximate surface area is 282 Å². The molecule has 0 radical (unpaired) electrons. The second-order valence-corrected chi connectivity index (χ2v) is 15.7. The average molecular weight is 722 g/mol. The van der Waals surface area contributed by atoms with E-state index < -0.39 is 66.2 Å². The highest BCUT2D eigenvalue weighted by Gasteiger charge is 2.36. The first-order valence-corrected chi connectivity index (χ1v) is 18.3. The Morgan fingerprint density at radius 2 is 1.49 bits per heavy atom. The molecule has 1 aromatic heterocycles. The lowest BCUT2D eigenvalue weighted by Gasteiger charge is -2.27. The number of hydrogen-bond acceptors (Lipinski definition) is 6. The number of likely N-dealkylation sites (N-methyl/N-ethyl adjacent to an activating group) is 1. The van der Waals surface area contributed by atoms with E-state index in [-0.39, 0.29) is 22.9 Å². The zero-order valence-corrected chi connectivity index (χ0v) is 28.6. The highest BCUT2D eigenvalue weighted by Crippen LogP contribution is 2.33. The smallest absolute Gasteiger partial charge is 0.280 e. The molecule has 0 bridgehead atoms. The number of hydrogen-bond donors (Lipinski definition) is 1. The number of anilines is 2. The monoisotopic (exact) mass is 721 g/mol. The summed E-state index contributed by atoms with van der Waals surface area (Å²) in [5.74, 6) is -8.36. The molecule has 16 heteroatoms. The van der Waals surface area contributed by atoms with Gasteiger partial charge in [-0.1, -0.05) is 43.5 Å². The third-order valence-corrected chi connectivity index (χ3v) is 11.6. The van der Waals surface area contributed by atoms with E-state index in [0.717, 1.165) is 39.7 Å². The molecule has 0 spiro atoms. The van der Waals surface area contributed by atoms with Crippen molar-refractivity contribution in [2.45, 2.75) is 61.4 Å². The van der Waals surface area contributed by atoms with Gasteiger partial charge >= 0.3 is 0 Å². The first-order valence-electron chi connectivity index (χ1n) is 15.4. The van der Waals surface area contributed by atoms with Crippen molar-refractivity contribution < 1.29 is 39.2 Å². The molecule has 1 amide bonds. The lowest BCUT2D eigenvalue weighted by atomic mass is 9.84. The number of amides is 1. The average Bonchev–Trinajstić information content (AvgIpc) is 3.53. The Kier molecular flexibility index (Phi) is 10.5. The van der Waals surface area contributed by atoms with Crippen LogP contribution in [0.4, 0.5) is 28.9 Å². The Balaban J connectivity index is 1.43. The first kappa shape index (κ1) is 36.0. The predicted molar refractivity (Wildman–Crippen MR) is 175 cm³/mol. The molecule has 0 aliphatic heterocycles. The van der Waals surface area contributed by atoms with Gasteiger partial charge in [-0.2, -0.15) is 12.7 Å². The zero-order chi connectivity index (χ0) is 35.7. The molecule has 262 valence electrons. The van der Waals surface area contributed by atoms with Crippen molar-refractivity contribution in [1.29, 1.82) is 0 Å². The summed E-state index contributed by atoms with van der Waals surface area (Å²) in [4.78, 5) is 17.0. The highest BCUT2D eigenvalue weighted by molar-refractivity contribution is 7.92. The molecule has 1 N–H and O–H groups in total. The van der Waals surface area contributed by atoms with Crippen molar-refractivity contribution >= 4 is 37.3 Å². The van der Waals surface area contributed by atoms with Gasteiger partial charge < -0.3 is 9.47 Å². The second-order valence-electron chi connectivity index (χ2n) is 12.1. The van der Waals surface area contributed by atoms with Gasteiger partial charge in [-0.3, -0.25) is 9.52 Å². The van der Waals surface area contributed by atoms with E-state index in [0.29, 0.717) is 15.8 Å². The third-order valence-electron chi connectivity index (χ3n) is 8.55. The van der Waals surface area contributed by atoms with Crippen LogP contribution in [0.1, 0.15) is 54.7 Å². The molecule has 49 heavy (non-hydrogen) atoms. The van der Waals surface area contributed by atoms with Gasteiger partial charge in [-0.25, -0.2) is 31.0 Å². The fourth-order valence-electron chi connectivity index (χ4n) is 5.75. The van der Waals surface area contributed by atoms with Gasteiger partial charge in [0.15, 0.2) is 33.2 Å². The number of rotatable bonds is 11. The van der Waals surface area contributed by atoms with E-state index in [1.165, 1.54) is 58.2 Å². The summed E-state index contributed by atoms with van der Waals surface area (Å²) in [6, 6.07) is 13.3. The molecule has 3 aromatic carbocycles. The van der Waals surface area contributed by atoms with Gasteiger partial charge in [0.05, 0.1) is 19.4 Å². The van der Waals surface area contributed by atoms with Crippen LogP contribution < -0.4 is 9.62 Å². The normalized spacial score (nSPS) is 14.3. The molecule has 4 aromatic rings. The fourth-order valence-corrected chi connectivity index (χ4v) is 8.01. The first-order chi connectivity index (χ1) is 23.1. The molecule has 1 fully saturated rings. The Morgan fingerprint density at radius 3 is 2.04 bits per heavy atom. The van der Waals surface area contributed by atoms with Crippen LogP contribution in [0.3, 0.4) is 0 Å². The third kappa shape index (κ3) is 7.65. The molecule has 1 heterocycles. The van der Waals surface area contributed by atoms with Gasteiger partial charge in [0.1, 0.15) is 0 Å². The molecular weight excluding hydrogens is 687 g/mol. The second kappa shape index (κ2) is 14.3. The van der Waals surface area contributed by atoms with Crippen LogP contribution in [0.25, 0.3) is 0 Å². The van der Waals surface area contributed by atoms with Crippen molar-refractivity contribution in [3.8, 4) is 0 Å². The van der Waals surface area contributed by atoms with E-state index in [2.05, 4.69) is 9.71 Å². The molecule has 1 saturated carbocycles. The number of sulfonamides is 2. The summed E-state index contributed by atoms with van der Waals surface area (Å²) >= 11 is 0. The van der Waals surface area contributed by atoms with Crippen molar-refractivity contribution in [3.63, 3.8) is 0 Å². The molecule has 0 unspecified atom stereocenters. The van der Waals surface area contributed by atoms with E-state index in [1.807, 2.05) is 24.3 Å². The fraction of sp³-hybridized carbons (Fsp3) is 0.333. The number of aryl methyl sites for hydroxylation is 1. The molecule has 0 saturated heterocycles. The number of benzene rings is 3. The molecule has 10 nitrogen and oxygen atoms in total. The van der Waals surface area contributed by atoms with Gasteiger partial charge in [-0.05, 0) is 61.1 Å². The zero-order valence-electron chi connectivity index (χ0n) is 27.0. The number of halogens is 4. The van der Waals surface area contributed by atoms with Crippen LogP contribution in [-0.4, -0.2) is 50.2 Å². The van der Waals surface area contributed by atoms with Crippen LogP contribution in [0.15, 0.2) is 71.0 Å². The van der Waals surface area contributed by atoms with Crippen LogP contribution in [0.5, 0.6) is 0 Å². The van der Waals surface area contributed by atoms with Crippen LogP contribution >= 0.6 is 0 Å². The number of carbonyl (C=O) groups excluding carboxylic acids is 1. The van der Waals surface area contributed by atoms with Crippen molar-refractivity contribution in [3.05, 3.63) is 101 Å². The maximum Gasteiger partial charge on any atom is 0.280 e. The molecule has 1 aliphatic rings. The Bertz CT molecular complexity index is 2040. The standard InChI is InChI=1S/C33H35F4N5O5S2/c1-21-29(34)31(36)33(32(37)30(21)35)49(46,47)41(3)19-28(43)42(17-22-9-11-24(12-10-22)23-7-5-4-6-8-23)26-15-13-25(14-16-26)39-48(44,45)27-18-40(2)20-38-27/h9-16,18,20,23,39H,4-8,17,19H2,1-3H3. The summed E-state index contributed by atoms with van der Waals surface area (Å²) in [5, 5.41) is -0.210. The van der Waals surface area contributed by atoms with E-state index in [1.54, 1.807) is 7.05 Å². The summed E-state index contributed by atoms with van der Waals surface area (Å²) in [5.41, 5.74) is 1.20. The minimum atomic E-state index is -5.24. The maximum absolute atomic E-state index is 14.7. The van der Waals surface area contributed by atoms with Gasteiger partial charge in [0.25, 0.3) is 10.0 Å². The molecule has 5 rings (SSSR count). The lowest BCUT2D eigenvalue weighted by Crippen LogP contribution is -2.41. The topological polar surface area (TPSA) is 122 Å². The van der Waals surface area contributed by atoms with Gasteiger partial charge in [0.2, 0.25) is 15.9 Å². The van der Waals surface area contributed by atoms with Crippen LogP contribution in [-0.2, 0) is 38.4 Å². The molecule has 1 aliphatic carbocycles. The van der Waals surface area contributed by atoms with Crippen molar-refractivity contribution in [2.24, 2.45) is 7.05 Å². The van der Waals surface area contributed by atoms with Crippen LogP contribution in [0, 0.1) is 30.2 Å².